The number of ether oxygens (including phenoxy) is 1. The quantitative estimate of drug-likeness (QED) is 0.438. The van der Waals surface area contributed by atoms with Crippen LogP contribution in [-0.2, 0) is 0 Å². The van der Waals surface area contributed by atoms with Crippen molar-refractivity contribution in [3.05, 3.63) is 48.3 Å². The largest absolute Gasteiger partial charge is 0.497 e. The molecule has 30 heavy (non-hydrogen) atoms. The molecule has 0 radical (unpaired) electrons. The lowest BCUT2D eigenvalue weighted by molar-refractivity contribution is 0.404. The molecule has 0 saturated heterocycles. The van der Waals surface area contributed by atoms with Crippen molar-refractivity contribution >= 4 is 13.9 Å². The average molecular weight is 427 g/mol. The van der Waals surface area contributed by atoms with Gasteiger partial charge in [0.05, 0.1) is 7.11 Å². The summed E-state index contributed by atoms with van der Waals surface area (Å²) in [5.74, 6) is 1.50. The molecule has 4 heteroatoms. The lowest BCUT2D eigenvalue weighted by atomic mass is 9.81. The van der Waals surface area contributed by atoms with Crippen LogP contribution in [0.1, 0.15) is 78.7 Å². The van der Waals surface area contributed by atoms with Gasteiger partial charge < -0.3 is 14.3 Å². The van der Waals surface area contributed by atoms with Gasteiger partial charge in [0.25, 0.3) is 0 Å². The molecular weight excluding hydrogens is 384 g/mol. The van der Waals surface area contributed by atoms with E-state index in [9.17, 15) is 0 Å². The summed E-state index contributed by atoms with van der Waals surface area (Å²) in [4.78, 5) is 0. The summed E-state index contributed by atoms with van der Waals surface area (Å²) in [6, 6.07) is 11.3. The van der Waals surface area contributed by atoms with E-state index in [0.717, 1.165) is 22.4 Å². The van der Waals surface area contributed by atoms with Crippen LogP contribution in [0, 0.1) is 0 Å². The summed E-state index contributed by atoms with van der Waals surface area (Å²) in [6.45, 7) is 14.7. The summed E-state index contributed by atoms with van der Waals surface area (Å²) in [7, 11) is 0.0506. The molecule has 3 nitrogen and oxygen atoms in total. The molecule has 0 spiro atoms. The molecule has 0 aliphatic heterocycles. The standard InChI is InChI=1S/C26H42N2OSi/c1-19(2)30(20(3)4,21(5)6)28-17-16-22(18-28)25-10-8-9-11-26(25)27-23-12-14-24(29-7)15-13-23/h12-21,25-27H,8-11H2,1-7H3. The topological polar surface area (TPSA) is 26.2 Å². The number of methoxy groups -OCH3 is 1. The highest BCUT2D eigenvalue weighted by molar-refractivity contribution is 6.82. The molecule has 1 saturated carbocycles. The molecule has 0 bridgehead atoms. The monoisotopic (exact) mass is 426 g/mol. The third kappa shape index (κ3) is 4.34. The van der Waals surface area contributed by atoms with Crippen molar-refractivity contribution < 1.29 is 4.74 Å². The van der Waals surface area contributed by atoms with Crippen LogP contribution in [0.4, 0.5) is 5.69 Å². The lowest BCUT2D eigenvalue weighted by Gasteiger charge is -2.44. The van der Waals surface area contributed by atoms with Crippen molar-refractivity contribution in [2.75, 3.05) is 12.4 Å². The van der Waals surface area contributed by atoms with Crippen LogP contribution in [0.3, 0.4) is 0 Å². The van der Waals surface area contributed by atoms with E-state index in [1.807, 2.05) is 12.1 Å². The molecule has 1 heterocycles. The Morgan fingerprint density at radius 2 is 1.50 bits per heavy atom. The molecule has 166 valence electrons. The van der Waals surface area contributed by atoms with Gasteiger partial charge >= 0.3 is 0 Å². The van der Waals surface area contributed by atoms with Gasteiger partial charge in [-0.2, -0.15) is 0 Å². The van der Waals surface area contributed by atoms with Gasteiger partial charge in [-0.3, -0.25) is 0 Å². The van der Waals surface area contributed by atoms with E-state index in [4.69, 9.17) is 4.74 Å². The highest BCUT2D eigenvalue weighted by Crippen LogP contribution is 2.44. The molecular formula is C26H42N2OSi. The van der Waals surface area contributed by atoms with E-state index in [1.54, 1.807) is 7.11 Å². The summed E-state index contributed by atoms with van der Waals surface area (Å²) >= 11 is 0. The minimum atomic E-state index is -1.67. The molecule has 1 N–H and O–H groups in total. The van der Waals surface area contributed by atoms with Gasteiger partial charge in [0.1, 0.15) is 5.75 Å². The Morgan fingerprint density at radius 1 is 0.900 bits per heavy atom. The maximum atomic E-state index is 5.32. The SMILES string of the molecule is COc1ccc(NC2CCCCC2c2ccn([Si](C(C)C)(C(C)C)C(C)C)c2)cc1. The number of hydrogen-bond acceptors (Lipinski definition) is 2. The lowest BCUT2D eigenvalue weighted by Crippen LogP contribution is -2.51. The Morgan fingerprint density at radius 3 is 2.07 bits per heavy atom. The summed E-state index contributed by atoms with van der Waals surface area (Å²) in [5.41, 5.74) is 4.88. The zero-order chi connectivity index (χ0) is 21.9. The highest BCUT2D eigenvalue weighted by atomic mass is 28.3. The van der Waals surface area contributed by atoms with E-state index in [0.29, 0.717) is 12.0 Å². The molecule has 0 amide bonds. The van der Waals surface area contributed by atoms with Crippen molar-refractivity contribution in [2.45, 2.75) is 95.8 Å². The van der Waals surface area contributed by atoms with Crippen molar-refractivity contribution in [2.24, 2.45) is 0 Å². The Bertz CT molecular complexity index is 772. The van der Waals surface area contributed by atoms with Gasteiger partial charge in [-0.15, -0.1) is 0 Å². The molecule has 1 aliphatic rings. The van der Waals surface area contributed by atoms with Gasteiger partial charge in [0.15, 0.2) is 8.24 Å². The first-order valence-corrected chi connectivity index (χ1v) is 14.1. The maximum absolute atomic E-state index is 5.32. The Kier molecular flexibility index (Phi) is 7.38. The van der Waals surface area contributed by atoms with Crippen molar-refractivity contribution in [3.63, 3.8) is 0 Å². The van der Waals surface area contributed by atoms with Gasteiger partial charge in [-0.25, -0.2) is 0 Å². The second kappa shape index (κ2) is 9.63. The maximum Gasteiger partial charge on any atom is 0.168 e. The molecule has 2 atom stereocenters. The molecule has 1 aromatic heterocycles. The first kappa shape index (κ1) is 23.0. The molecule has 3 rings (SSSR count). The normalized spacial score (nSPS) is 20.2. The summed E-state index contributed by atoms with van der Waals surface area (Å²) in [5, 5.41) is 3.84. The number of aromatic nitrogens is 1. The minimum absolute atomic E-state index is 0.496. The number of rotatable bonds is 8. The molecule has 2 unspecified atom stereocenters. The zero-order valence-corrected chi connectivity index (χ0v) is 21.1. The number of nitrogens with one attached hydrogen (secondary N) is 1. The third-order valence-corrected chi connectivity index (χ3v) is 14.3. The van der Waals surface area contributed by atoms with E-state index >= 15 is 0 Å². The highest BCUT2D eigenvalue weighted by Gasteiger charge is 2.45. The fourth-order valence-corrected chi connectivity index (χ4v) is 12.9. The second-order valence-corrected chi connectivity index (χ2v) is 15.8. The predicted octanol–water partition coefficient (Wildman–Crippen LogP) is 7.66. The van der Waals surface area contributed by atoms with Gasteiger partial charge in [0, 0.05) is 17.6 Å². The molecule has 1 aromatic carbocycles. The van der Waals surface area contributed by atoms with Crippen LogP contribution in [0.25, 0.3) is 0 Å². The van der Waals surface area contributed by atoms with E-state index in [-0.39, 0.29) is 0 Å². The van der Waals surface area contributed by atoms with Crippen LogP contribution in [0.2, 0.25) is 16.6 Å². The smallest absolute Gasteiger partial charge is 0.168 e. The van der Waals surface area contributed by atoms with Gasteiger partial charge in [-0.05, 0) is 77.8 Å². The van der Waals surface area contributed by atoms with Gasteiger partial charge in [0.2, 0.25) is 0 Å². The third-order valence-electron chi connectivity index (χ3n) is 7.57. The fraction of sp³-hybridized carbons (Fsp3) is 0.615. The number of hydrogen-bond donors (Lipinski definition) is 1. The van der Waals surface area contributed by atoms with E-state index < -0.39 is 8.24 Å². The number of anilines is 1. The molecule has 1 fully saturated rings. The van der Waals surface area contributed by atoms with Crippen molar-refractivity contribution in [3.8, 4) is 5.75 Å². The van der Waals surface area contributed by atoms with E-state index in [1.165, 1.54) is 36.9 Å². The van der Waals surface area contributed by atoms with Crippen LogP contribution >= 0.6 is 0 Å². The summed E-state index contributed by atoms with van der Waals surface area (Å²) in [6.07, 6.45) is 10.1. The van der Waals surface area contributed by atoms with Crippen molar-refractivity contribution in [1.29, 1.82) is 0 Å². The Labute approximate surface area is 185 Å². The van der Waals surface area contributed by atoms with Crippen LogP contribution in [-0.4, -0.2) is 25.6 Å². The minimum Gasteiger partial charge on any atom is -0.497 e. The predicted molar refractivity (Wildman–Crippen MR) is 132 cm³/mol. The number of benzene rings is 1. The average Bonchev–Trinajstić information content (AvgIpc) is 3.18. The van der Waals surface area contributed by atoms with Crippen LogP contribution < -0.4 is 10.1 Å². The first-order valence-electron chi connectivity index (χ1n) is 11.9. The van der Waals surface area contributed by atoms with Crippen LogP contribution in [0.15, 0.2) is 42.7 Å². The van der Waals surface area contributed by atoms with Gasteiger partial charge in [-0.1, -0.05) is 54.4 Å². The summed E-state index contributed by atoms with van der Waals surface area (Å²) < 4.78 is 8.01. The fourth-order valence-electron chi connectivity index (χ4n) is 6.37. The first-order chi connectivity index (χ1) is 14.3. The Hall–Kier alpha value is -1.68. The Balaban J connectivity index is 1.87. The van der Waals surface area contributed by atoms with Crippen molar-refractivity contribution in [1.82, 2.24) is 4.23 Å². The second-order valence-electron chi connectivity index (χ2n) is 10.1. The number of nitrogens with zero attached hydrogens (tertiary/aromatic N) is 1. The molecule has 1 aliphatic carbocycles. The zero-order valence-electron chi connectivity index (χ0n) is 20.1. The van der Waals surface area contributed by atoms with E-state index in [2.05, 4.69) is 81.7 Å². The molecule has 2 aromatic rings. The van der Waals surface area contributed by atoms with Crippen LogP contribution in [0.5, 0.6) is 5.75 Å².